The van der Waals surface area contributed by atoms with Gasteiger partial charge in [0.15, 0.2) is 0 Å². The molecule has 0 radical (unpaired) electrons. The normalized spacial score (nSPS) is 21.7. The third-order valence-electron chi connectivity index (χ3n) is 7.35. The molecule has 2 bridgehead atoms. The fraction of sp³-hybridized carbons (Fsp3) is 0.448. The van der Waals surface area contributed by atoms with Crippen LogP contribution in [0.5, 0.6) is 17.6 Å². The molecule has 6 rings (SSSR count). The van der Waals surface area contributed by atoms with Gasteiger partial charge in [0.2, 0.25) is 17.6 Å². The van der Waals surface area contributed by atoms with Gasteiger partial charge in [0.05, 0.1) is 13.3 Å². The van der Waals surface area contributed by atoms with E-state index in [1.807, 2.05) is 43.9 Å². The zero-order valence-corrected chi connectivity index (χ0v) is 22.1. The number of carbonyl (C=O) groups excluding carboxylic acids is 1. The van der Waals surface area contributed by atoms with E-state index in [4.69, 9.17) is 23.9 Å². The molecular formula is C29H32N4O5. The van der Waals surface area contributed by atoms with E-state index < -0.39 is 5.60 Å². The Hall–Kier alpha value is -3.88. The lowest BCUT2D eigenvalue weighted by Gasteiger charge is -2.39. The highest BCUT2D eigenvalue weighted by atomic mass is 16.6. The SMILES string of the molecule is COc1cc(-c2ccc3c(c2)COc2nc(OC4CC5CCC(C4)N5C(=O)OC(C)(C)C)ccc2-3)cnn1. The summed E-state index contributed by atoms with van der Waals surface area (Å²) in [5.74, 6) is 1.60. The van der Waals surface area contributed by atoms with Crippen molar-refractivity contribution >= 4 is 6.09 Å². The zero-order chi connectivity index (χ0) is 26.4. The Labute approximate surface area is 222 Å². The molecule has 0 N–H and O–H groups in total. The summed E-state index contributed by atoms with van der Waals surface area (Å²) in [7, 11) is 1.58. The molecule has 2 aromatic heterocycles. The standard InChI is InChI=1S/C29H32N4O5/c1-29(2,3)38-28(34)33-20-6-7-21(33)14-22(13-20)37-25-10-9-24-23-8-5-17(11-19(23)16-36-27(24)31-25)18-12-26(35-4)32-30-15-18/h5,8-12,15,20-22H,6-7,13-14,16H2,1-4H3. The Kier molecular flexibility index (Phi) is 6.08. The maximum Gasteiger partial charge on any atom is 0.410 e. The van der Waals surface area contributed by atoms with Gasteiger partial charge in [0.25, 0.3) is 0 Å². The number of pyridine rings is 1. The summed E-state index contributed by atoms with van der Waals surface area (Å²) in [6.07, 6.45) is 5.01. The van der Waals surface area contributed by atoms with Gasteiger partial charge >= 0.3 is 6.09 Å². The summed E-state index contributed by atoms with van der Waals surface area (Å²) in [6.45, 7) is 6.12. The third-order valence-corrected chi connectivity index (χ3v) is 7.35. The summed E-state index contributed by atoms with van der Waals surface area (Å²) >= 11 is 0. The van der Waals surface area contributed by atoms with Crippen molar-refractivity contribution in [3.05, 3.63) is 48.2 Å². The number of piperidine rings is 1. The smallest absolute Gasteiger partial charge is 0.410 e. The van der Waals surface area contributed by atoms with Gasteiger partial charge in [0.1, 0.15) is 18.3 Å². The highest BCUT2D eigenvalue weighted by Gasteiger charge is 2.45. The molecule has 38 heavy (non-hydrogen) atoms. The molecule has 1 amide bonds. The van der Waals surface area contributed by atoms with Crippen molar-refractivity contribution < 1.29 is 23.7 Å². The van der Waals surface area contributed by atoms with Crippen LogP contribution in [0.2, 0.25) is 0 Å². The van der Waals surface area contributed by atoms with Gasteiger partial charge in [-0.15, -0.1) is 5.10 Å². The summed E-state index contributed by atoms with van der Waals surface area (Å²) in [4.78, 5) is 19.4. The zero-order valence-electron chi connectivity index (χ0n) is 22.1. The number of ether oxygens (including phenoxy) is 4. The topological polar surface area (TPSA) is 95.9 Å². The van der Waals surface area contributed by atoms with Crippen molar-refractivity contribution in [2.75, 3.05) is 7.11 Å². The van der Waals surface area contributed by atoms with Gasteiger partial charge in [-0.3, -0.25) is 0 Å². The van der Waals surface area contributed by atoms with E-state index in [1.54, 1.807) is 13.3 Å². The van der Waals surface area contributed by atoms with Gasteiger partial charge in [-0.05, 0) is 62.4 Å². The Morgan fingerprint density at radius 1 is 1.00 bits per heavy atom. The monoisotopic (exact) mass is 516 g/mol. The Morgan fingerprint density at radius 3 is 2.50 bits per heavy atom. The number of carbonyl (C=O) groups is 1. The van der Waals surface area contributed by atoms with E-state index in [0.29, 0.717) is 24.2 Å². The molecule has 2 unspecified atom stereocenters. The van der Waals surface area contributed by atoms with Gasteiger partial charge in [-0.2, -0.15) is 10.1 Å². The lowest BCUT2D eigenvalue weighted by atomic mass is 9.95. The Bertz CT molecular complexity index is 1360. The number of fused-ring (bicyclic) bond motifs is 5. The minimum atomic E-state index is -0.499. The average molecular weight is 517 g/mol. The highest BCUT2D eigenvalue weighted by Crippen LogP contribution is 2.41. The molecule has 3 aliphatic rings. The highest BCUT2D eigenvalue weighted by molar-refractivity contribution is 5.77. The lowest BCUT2D eigenvalue weighted by Crippen LogP contribution is -2.50. The third kappa shape index (κ3) is 4.73. The average Bonchev–Trinajstić information content (AvgIpc) is 3.17. The molecule has 2 fully saturated rings. The summed E-state index contributed by atoms with van der Waals surface area (Å²) in [6, 6.07) is 12.3. The number of rotatable bonds is 4. The predicted octanol–water partition coefficient (Wildman–Crippen LogP) is 5.42. The predicted molar refractivity (Wildman–Crippen MR) is 140 cm³/mol. The van der Waals surface area contributed by atoms with Crippen molar-refractivity contribution in [3.8, 4) is 39.9 Å². The van der Waals surface area contributed by atoms with E-state index in [1.165, 1.54) is 0 Å². The first-order valence-corrected chi connectivity index (χ1v) is 13.1. The van der Waals surface area contributed by atoms with E-state index in [9.17, 15) is 4.79 Å². The maximum absolute atomic E-state index is 12.8. The fourth-order valence-electron chi connectivity index (χ4n) is 5.72. The van der Waals surface area contributed by atoms with Crippen molar-refractivity contribution in [3.63, 3.8) is 0 Å². The van der Waals surface area contributed by atoms with Gasteiger partial charge in [0, 0.05) is 48.2 Å². The van der Waals surface area contributed by atoms with Gasteiger partial charge in [-0.25, -0.2) is 4.79 Å². The first-order valence-electron chi connectivity index (χ1n) is 13.1. The van der Waals surface area contributed by atoms with Crippen LogP contribution >= 0.6 is 0 Å². The van der Waals surface area contributed by atoms with Crippen molar-refractivity contribution in [1.29, 1.82) is 0 Å². The summed E-state index contributed by atoms with van der Waals surface area (Å²) in [5, 5.41) is 7.97. The van der Waals surface area contributed by atoms with Crippen molar-refractivity contribution in [1.82, 2.24) is 20.1 Å². The van der Waals surface area contributed by atoms with Crippen LogP contribution in [0.15, 0.2) is 42.6 Å². The molecule has 9 nitrogen and oxygen atoms in total. The molecule has 5 heterocycles. The van der Waals surface area contributed by atoms with Crippen LogP contribution in [0, 0.1) is 0 Å². The molecule has 0 aliphatic carbocycles. The van der Waals surface area contributed by atoms with E-state index in [2.05, 4.69) is 28.4 Å². The Morgan fingerprint density at radius 2 is 1.76 bits per heavy atom. The minimum Gasteiger partial charge on any atom is -0.480 e. The summed E-state index contributed by atoms with van der Waals surface area (Å²) < 4.78 is 23.2. The molecule has 2 saturated heterocycles. The number of nitrogens with zero attached hydrogens (tertiary/aromatic N) is 4. The van der Waals surface area contributed by atoms with Gasteiger partial charge < -0.3 is 23.8 Å². The molecule has 3 aromatic rings. The van der Waals surface area contributed by atoms with Crippen LogP contribution in [-0.4, -0.2) is 57.1 Å². The molecule has 1 aromatic carbocycles. The van der Waals surface area contributed by atoms with Crippen LogP contribution < -0.4 is 14.2 Å². The second-order valence-electron chi connectivity index (χ2n) is 11.1. The largest absolute Gasteiger partial charge is 0.480 e. The number of aromatic nitrogens is 3. The second-order valence-corrected chi connectivity index (χ2v) is 11.1. The molecule has 0 spiro atoms. The van der Waals surface area contributed by atoms with Crippen LogP contribution in [0.3, 0.4) is 0 Å². The van der Waals surface area contributed by atoms with Crippen molar-refractivity contribution in [2.45, 2.75) is 76.9 Å². The van der Waals surface area contributed by atoms with Crippen molar-refractivity contribution in [2.24, 2.45) is 0 Å². The van der Waals surface area contributed by atoms with Gasteiger partial charge in [-0.1, -0.05) is 12.1 Å². The number of amides is 1. The molecule has 2 atom stereocenters. The fourth-order valence-corrected chi connectivity index (χ4v) is 5.72. The van der Waals surface area contributed by atoms with Crippen LogP contribution in [-0.2, 0) is 11.3 Å². The number of hydrogen-bond acceptors (Lipinski definition) is 8. The molecule has 3 aliphatic heterocycles. The number of hydrogen-bond donors (Lipinski definition) is 0. The minimum absolute atomic E-state index is 0.00105. The van der Waals surface area contributed by atoms with Crippen LogP contribution in [0.1, 0.15) is 52.0 Å². The van der Waals surface area contributed by atoms with E-state index in [0.717, 1.165) is 53.5 Å². The number of benzene rings is 1. The van der Waals surface area contributed by atoms with Crippen LogP contribution in [0.4, 0.5) is 4.79 Å². The summed E-state index contributed by atoms with van der Waals surface area (Å²) in [5.41, 5.74) is 4.55. The molecular weight excluding hydrogens is 484 g/mol. The molecule has 9 heteroatoms. The maximum atomic E-state index is 12.8. The first kappa shape index (κ1) is 24.5. The molecule has 198 valence electrons. The molecule has 0 saturated carbocycles. The Balaban J connectivity index is 1.16. The number of methoxy groups -OCH3 is 1. The van der Waals surface area contributed by atoms with Crippen LogP contribution in [0.25, 0.3) is 22.3 Å². The first-order chi connectivity index (χ1) is 18.3. The van der Waals surface area contributed by atoms with E-state index >= 15 is 0 Å². The van der Waals surface area contributed by atoms with E-state index in [-0.39, 0.29) is 24.3 Å². The quantitative estimate of drug-likeness (QED) is 0.454. The second kappa shape index (κ2) is 9.45. The lowest BCUT2D eigenvalue weighted by molar-refractivity contribution is -0.00765.